The Morgan fingerprint density at radius 2 is 2.07 bits per heavy atom. The van der Waals surface area contributed by atoms with Gasteiger partial charge in [-0.25, -0.2) is 4.79 Å². The molecule has 0 saturated heterocycles. The zero-order chi connectivity index (χ0) is 10.7. The summed E-state index contributed by atoms with van der Waals surface area (Å²) in [5, 5.41) is 8.30. The lowest BCUT2D eigenvalue weighted by atomic mass is 10.3. The number of allylic oxidation sites excluding steroid dienone is 1. The van der Waals surface area contributed by atoms with Crippen LogP contribution in [-0.2, 0) is 14.1 Å². The van der Waals surface area contributed by atoms with E-state index in [2.05, 4.69) is 0 Å². The number of nitrogens with zero attached hydrogens (tertiary/aromatic N) is 3. The summed E-state index contributed by atoms with van der Waals surface area (Å²) in [6.07, 6.45) is 3.97. The fraction of sp³-hybridized carbons (Fsp3) is 0.222. The number of rotatable bonds is 1. The number of hydrogen-bond donors (Lipinski definition) is 0. The molecule has 5 heteroatoms. The summed E-state index contributed by atoms with van der Waals surface area (Å²) in [6.45, 7) is 0. The molecule has 0 spiro atoms. The summed E-state index contributed by atoms with van der Waals surface area (Å²) >= 11 is 0. The molecule has 5 nitrogen and oxygen atoms in total. The third kappa shape index (κ3) is 1.64. The van der Waals surface area contributed by atoms with Gasteiger partial charge in [-0.1, -0.05) is 0 Å². The van der Waals surface area contributed by atoms with Crippen molar-refractivity contribution >= 4 is 6.08 Å². The van der Waals surface area contributed by atoms with Crippen LogP contribution in [0.1, 0.15) is 5.56 Å². The first-order valence-corrected chi connectivity index (χ1v) is 3.90. The predicted molar refractivity (Wildman–Crippen MR) is 51.6 cm³/mol. The predicted octanol–water partition coefficient (Wildman–Crippen LogP) is -0.379. The number of aryl methyl sites for hydroxylation is 1. The molecule has 0 atom stereocenters. The van der Waals surface area contributed by atoms with Crippen LogP contribution < -0.4 is 11.2 Å². The molecule has 0 fully saturated rings. The molecule has 14 heavy (non-hydrogen) atoms. The van der Waals surface area contributed by atoms with Crippen molar-refractivity contribution in [3.05, 3.63) is 38.7 Å². The van der Waals surface area contributed by atoms with Gasteiger partial charge in [0.25, 0.3) is 5.56 Å². The minimum atomic E-state index is -0.403. The fourth-order valence-electron chi connectivity index (χ4n) is 1.08. The van der Waals surface area contributed by atoms with Crippen LogP contribution >= 0.6 is 0 Å². The molecule has 1 rings (SSSR count). The van der Waals surface area contributed by atoms with Gasteiger partial charge in [0.2, 0.25) is 0 Å². The van der Waals surface area contributed by atoms with Crippen molar-refractivity contribution in [2.24, 2.45) is 14.1 Å². The zero-order valence-corrected chi connectivity index (χ0v) is 7.89. The van der Waals surface area contributed by atoms with Crippen LogP contribution in [0.25, 0.3) is 6.08 Å². The minimum Gasteiger partial charge on any atom is -0.303 e. The van der Waals surface area contributed by atoms with Crippen molar-refractivity contribution in [1.29, 1.82) is 5.26 Å². The summed E-state index contributed by atoms with van der Waals surface area (Å²) in [6, 6.07) is 1.78. The van der Waals surface area contributed by atoms with Gasteiger partial charge < -0.3 is 4.57 Å². The quantitative estimate of drug-likeness (QED) is 0.568. The average molecular weight is 191 g/mol. The molecule has 1 aromatic rings. The lowest BCUT2D eigenvalue weighted by Gasteiger charge is -2.02. The Morgan fingerprint density at radius 1 is 1.43 bits per heavy atom. The second-order valence-electron chi connectivity index (χ2n) is 2.80. The fourth-order valence-corrected chi connectivity index (χ4v) is 1.08. The molecule has 1 aromatic heterocycles. The average Bonchev–Trinajstić information content (AvgIpc) is 2.18. The standard InChI is InChI=1S/C9H9N3O2/c1-11-6-7(4-3-5-10)8(13)12(2)9(11)14/h3-4,6H,1-2H3/b4-3+. The van der Waals surface area contributed by atoms with Crippen molar-refractivity contribution in [2.75, 3.05) is 0 Å². The van der Waals surface area contributed by atoms with Crippen LogP contribution in [0.3, 0.4) is 0 Å². The monoisotopic (exact) mass is 191 g/mol. The molecule has 0 aliphatic rings. The van der Waals surface area contributed by atoms with Crippen LogP contribution in [0.2, 0.25) is 0 Å². The van der Waals surface area contributed by atoms with Crippen LogP contribution in [0.15, 0.2) is 21.9 Å². The van der Waals surface area contributed by atoms with E-state index in [-0.39, 0.29) is 5.69 Å². The van der Waals surface area contributed by atoms with Crippen LogP contribution in [0, 0.1) is 11.3 Å². The SMILES string of the molecule is Cn1cc(/C=C/C#N)c(=O)n(C)c1=O. The molecule has 0 aromatic carbocycles. The molecule has 0 amide bonds. The first kappa shape index (κ1) is 9.99. The van der Waals surface area contributed by atoms with E-state index in [1.54, 1.807) is 13.1 Å². The lowest BCUT2D eigenvalue weighted by Crippen LogP contribution is -2.37. The number of aromatic nitrogens is 2. The highest BCUT2D eigenvalue weighted by atomic mass is 16.2. The summed E-state index contributed by atoms with van der Waals surface area (Å²) in [5.74, 6) is 0. The van der Waals surface area contributed by atoms with Crippen molar-refractivity contribution in [3.63, 3.8) is 0 Å². The normalized spacial score (nSPS) is 10.4. The van der Waals surface area contributed by atoms with E-state index in [9.17, 15) is 9.59 Å². The van der Waals surface area contributed by atoms with Gasteiger partial charge in [-0.05, 0) is 6.08 Å². The maximum absolute atomic E-state index is 11.4. The second-order valence-corrected chi connectivity index (χ2v) is 2.80. The Kier molecular flexibility index (Phi) is 2.67. The smallest absolute Gasteiger partial charge is 0.303 e. The van der Waals surface area contributed by atoms with E-state index in [1.165, 1.54) is 30.0 Å². The molecule has 0 aliphatic carbocycles. The third-order valence-corrected chi connectivity index (χ3v) is 1.81. The van der Waals surface area contributed by atoms with Crippen LogP contribution in [0.5, 0.6) is 0 Å². The molecule has 72 valence electrons. The molecule has 0 bridgehead atoms. The van der Waals surface area contributed by atoms with E-state index >= 15 is 0 Å². The molecule has 0 N–H and O–H groups in total. The molecule has 0 unspecified atom stereocenters. The van der Waals surface area contributed by atoms with Gasteiger partial charge in [0.15, 0.2) is 0 Å². The van der Waals surface area contributed by atoms with E-state index in [0.29, 0.717) is 5.56 Å². The molecule has 0 aliphatic heterocycles. The molecular formula is C9H9N3O2. The Morgan fingerprint density at radius 3 is 2.64 bits per heavy atom. The molecule has 0 saturated carbocycles. The number of hydrogen-bond acceptors (Lipinski definition) is 3. The summed E-state index contributed by atoms with van der Waals surface area (Å²) < 4.78 is 2.29. The van der Waals surface area contributed by atoms with Gasteiger partial charge in [-0.2, -0.15) is 5.26 Å². The van der Waals surface area contributed by atoms with E-state index < -0.39 is 5.56 Å². The van der Waals surface area contributed by atoms with Gasteiger partial charge >= 0.3 is 5.69 Å². The first-order chi connectivity index (χ1) is 6.57. The van der Waals surface area contributed by atoms with Crippen molar-refractivity contribution < 1.29 is 0 Å². The Hall–Kier alpha value is -2.09. The Balaban J connectivity index is 3.51. The van der Waals surface area contributed by atoms with E-state index in [0.717, 1.165) is 4.57 Å². The van der Waals surface area contributed by atoms with Gasteiger partial charge in [-0.15, -0.1) is 0 Å². The van der Waals surface area contributed by atoms with Crippen LogP contribution in [0.4, 0.5) is 0 Å². The third-order valence-electron chi connectivity index (χ3n) is 1.81. The van der Waals surface area contributed by atoms with Gasteiger partial charge in [0.1, 0.15) is 0 Å². The summed E-state index contributed by atoms with van der Waals surface area (Å²) in [7, 11) is 2.94. The highest BCUT2D eigenvalue weighted by molar-refractivity contribution is 5.49. The largest absolute Gasteiger partial charge is 0.330 e. The van der Waals surface area contributed by atoms with E-state index in [4.69, 9.17) is 5.26 Å². The molecule has 1 heterocycles. The first-order valence-electron chi connectivity index (χ1n) is 3.90. The van der Waals surface area contributed by atoms with Crippen molar-refractivity contribution in [1.82, 2.24) is 9.13 Å². The molecular weight excluding hydrogens is 182 g/mol. The number of nitriles is 1. The highest BCUT2D eigenvalue weighted by Crippen LogP contribution is 1.90. The lowest BCUT2D eigenvalue weighted by molar-refractivity contribution is 0.683. The van der Waals surface area contributed by atoms with Gasteiger partial charge in [0.05, 0.1) is 11.6 Å². The zero-order valence-electron chi connectivity index (χ0n) is 7.89. The Bertz CT molecular complexity index is 528. The van der Waals surface area contributed by atoms with Gasteiger partial charge in [0, 0.05) is 26.4 Å². The van der Waals surface area contributed by atoms with Crippen molar-refractivity contribution in [2.45, 2.75) is 0 Å². The topological polar surface area (TPSA) is 67.8 Å². The Labute approximate surface area is 80.1 Å². The summed E-state index contributed by atoms with van der Waals surface area (Å²) in [5.41, 5.74) is -0.472. The summed E-state index contributed by atoms with van der Waals surface area (Å²) in [4.78, 5) is 22.7. The van der Waals surface area contributed by atoms with Crippen molar-refractivity contribution in [3.8, 4) is 6.07 Å². The minimum absolute atomic E-state index is 0.316. The van der Waals surface area contributed by atoms with Crippen LogP contribution in [-0.4, -0.2) is 9.13 Å². The highest BCUT2D eigenvalue weighted by Gasteiger charge is 2.02. The van der Waals surface area contributed by atoms with E-state index in [1.807, 2.05) is 0 Å². The molecule has 0 radical (unpaired) electrons. The second kappa shape index (κ2) is 3.75. The van der Waals surface area contributed by atoms with Gasteiger partial charge in [-0.3, -0.25) is 9.36 Å². The maximum atomic E-state index is 11.4. The maximum Gasteiger partial charge on any atom is 0.330 e.